The molecule has 0 radical (unpaired) electrons. The first-order valence-electron chi connectivity index (χ1n) is 9.42. The standard InChI is InChI=1S/C22H34O4/c1-15-13-17(9-7-11-21(3,4)19(23)24)14-18(16(15)2)10-8-12-22(5,6)20(25)26/h13-14H,7-12H2,1-6H3,(H,23,24)(H,25,26). The summed E-state index contributed by atoms with van der Waals surface area (Å²) in [6, 6.07) is 4.40. The minimum absolute atomic E-state index is 0.650. The lowest BCUT2D eigenvalue weighted by Gasteiger charge is -2.20. The molecule has 0 fully saturated rings. The molecule has 0 unspecified atom stereocenters. The molecular weight excluding hydrogens is 328 g/mol. The van der Waals surface area contributed by atoms with Crippen LogP contribution in [0.5, 0.6) is 0 Å². The third-order valence-electron chi connectivity index (χ3n) is 5.51. The van der Waals surface area contributed by atoms with E-state index in [1.807, 2.05) is 0 Å². The van der Waals surface area contributed by atoms with Crippen LogP contribution in [0.4, 0.5) is 0 Å². The largest absolute Gasteiger partial charge is 0.481 e. The monoisotopic (exact) mass is 362 g/mol. The molecule has 0 atom stereocenters. The highest BCUT2D eigenvalue weighted by Gasteiger charge is 2.27. The molecule has 4 heteroatoms. The van der Waals surface area contributed by atoms with Gasteiger partial charge in [-0.25, -0.2) is 0 Å². The Morgan fingerprint density at radius 3 is 1.77 bits per heavy atom. The molecule has 146 valence electrons. The van der Waals surface area contributed by atoms with Crippen LogP contribution in [0.25, 0.3) is 0 Å². The quantitative estimate of drug-likeness (QED) is 0.602. The summed E-state index contributed by atoms with van der Waals surface area (Å²) in [5.41, 5.74) is 3.65. The van der Waals surface area contributed by atoms with Gasteiger partial charge in [0, 0.05) is 0 Å². The van der Waals surface area contributed by atoms with Gasteiger partial charge in [-0.3, -0.25) is 9.59 Å². The van der Waals surface area contributed by atoms with E-state index in [9.17, 15) is 19.8 Å². The Hall–Kier alpha value is -1.84. The van der Waals surface area contributed by atoms with Gasteiger partial charge >= 0.3 is 11.9 Å². The molecule has 0 aliphatic heterocycles. The second-order valence-electron chi connectivity index (χ2n) is 8.78. The predicted molar refractivity (Wildman–Crippen MR) is 105 cm³/mol. The minimum atomic E-state index is -0.751. The number of aryl methyl sites for hydroxylation is 3. The van der Waals surface area contributed by atoms with Gasteiger partial charge in [0.2, 0.25) is 0 Å². The average Bonchev–Trinajstić information content (AvgIpc) is 2.51. The molecule has 1 aromatic rings. The Balaban J connectivity index is 2.74. The van der Waals surface area contributed by atoms with Crippen LogP contribution in [0, 0.1) is 24.7 Å². The lowest BCUT2D eigenvalue weighted by molar-refractivity contribution is -0.148. The fraction of sp³-hybridized carbons (Fsp3) is 0.636. The molecule has 0 amide bonds. The lowest BCUT2D eigenvalue weighted by atomic mass is 9.85. The molecule has 0 bridgehead atoms. The number of rotatable bonds is 10. The predicted octanol–water partition coefficient (Wildman–Crippen LogP) is 5.17. The van der Waals surface area contributed by atoms with Gasteiger partial charge in [-0.15, -0.1) is 0 Å². The number of carboxylic acids is 2. The molecule has 1 rings (SSSR count). The van der Waals surface area contributed by atoms with Crippen molar-refractivity contribution in [3.8, 4) is 0 Å². The van der Waals surface area contributed by atoms with Crippen LogP contribution in [-0.4, -0.2) is 22.2 Å². The normalized spacial score (nSPS) is 12.2. The molecule has 0 heterocycles. The van der Waals surface area contributed by atoms with Gasteiger partial charge in [-0.2, -0.15) is 0 Å². The van der Waals surface area contributed by atoms with E-state index in [2.05, 4.69) is 26.0 Å². The zero-order chi connectivity index (χ0) is 20.1. The van der Waals surface area contributed by atoms with Crippen LogP contribution < -0.4 is 0 Å². The zero-order valence-corrected chi connectivity index (χ0v) is 17.1. The molecule has 2 N–H and O–H groups in total. The van der Waals surface area contributed by atoms with Crippen LogP contribution in [-0.2, 0) is 22.4 Å². The summed E-state index contributed by atoms with van der Waals surface area (Å²) < 4.78 is 0. The number of aliphatic carboxylic acids is 2. The first-order valence-corrected chi connectivity index (χ1v) is 9.42. The van der Waals surface area contributed by atoms with Gasteiger partial charge in [0.15, 0.2) is 0 Å². The van der Waals surface area contributed by atoms with Crippen LogP contribution >= 0.6 is 0 Å². The molecule has 0 saturated carbocycles. The van der Waals surface area contributed by atoms with Gasteiger partial charge in [0.1, 0.15) is 0 Å². The summed E-state index contributed by atoms with van der Waals surface area (Å²) in [7, 11) is 0. The number of carboxylic acid groups (broad SMARTS) is 2. The van der Waals surface area contributed by atoms with E-state index >= 15 is 0 Å². The van der Waals surface area contributed by atoms with E-state index in [1.54, 1.807) is 27.7 Å². The number of carbonyl (C=O) groups is 2. The summed E-state index contributed by atoms with van der Waals surface area (Å²) in [6.45, 7) is 11.3. The third kappa shape index (κ3) is 6.15. The maximum absolute atomic E-state index is 11.2. The minimum Gasteiger partial charge on any atom is -0.481 e. The maximum atomic E-state index is 11.2. The fourth-order valence-electron chi connectivity index (χ4n) is 3.09. The highest BCUT2D eigenvalue weighted by atomic mass is 16.4. The summed E-state index contributed by atoms with van der Waals surface area (Å²) in [5.74, 6) is -1.50. The van der Waals surface area contributed by atoms with Crippen molar-refractivity contribution in [2.45, 2.75) is 80.1 Å². The SMILES string of the molecule is Cc1cc(CCCC(C)(C)C(=O)O)cc(CCCC(C)(C)C(=O)O)c1C. The fourth-order valence-corrected chi connectivity index (χ4v) is 3.09. The molecule has 0 saturated heterocycles. The summed E-state index contributed by atoms with van der Waals surface area (Å²) in [4.78, 5) is 22.5. The van der Waals surface area contributed by atoms with E-state index in [-0.39, 0.29) is 0 Å². The van der Waals surface area contributed by atoms with Crippen LogP contribution in [0.15, 0.2) is 12.1 Å². The Morgan fingerprint density at radius 2 is 1.31 bits per heavy atom. The van der Waals surface area contributed by atoms with Crippen LogP contribution in [0.1, 0.15) is 75.6 Å². The van der Waals surface area contributed by atoms with E-state index in [0.29, 0.717) is 12.8 Å². The number of hydrogen-bond acceptors (Lipinski definition) is 2. The second kappa shape index (κ2) is 8.70. The van der Waals surface area contributed by atoms with Crippen molar-refractivity contribution < 1.29 is 19.8 Å². The highest BCUT2D eigenvalue weighted by Crippen LogP contribution is 2.27. The van der Waals surface area contributed by atoms with Crippen molar-refractivity contribution in [2.24, 2.45) is 10.8 Å². The van der Waals surface area contributed by atoms with Gasteiger partial charge in [-0.05, 0) is 102 Å². The highest BCUT2D eigenvalue weighted by molar-refractivity contribution is 5.73. The zero-order valence-electron chi connectivity index (χ0n) is 17.1. The number of hydrogen-bond donors (Lipinski definition) is 2. The second-order valence-corrected chi connectivity index (χ2v) is 8.78. The van der Waals surface area contributed by atoms with E-state index < -0.39 is 22.8 Å². The van der Waals surface area contributed by atoms with E-state index in [4.69, 9.17) is 0 Å². The van der Waals surface area contributed by atoms with Gasteiger partial charge in [0.05, 0.1) is 10.8 Å². The molecule has 26 heavy (non-hydrogen) atoms. The smallest absolute Gasteiger partial charge is 0.309 e. The molecule has 4 nitrogen and oxygen atoms in total. The average molecular weight is 363 g/mol. The maximum Gasteiger partial charge on any atom is 0.309 e. The van der Waals surface area contributed by atoms with Gasteiger partial charge < -0.3 is 10.2 Å². The molecule has 0 aliphatic carbocycles. The summed E-state index contributed by atoms with van der Waals surface area (Å²) in [5, 5.41) is 18.5. The Bertz CT molecular complexity index is 656. The molecular formula is C22H34O4. The van der Waals surface area contributed by atoms with E-state index in [0.717, 1.165) is 25.7 Å². The van der Waals surface area contributed by atoms with Crippen molar-refractivity contribution in [2.75, 3.05) is 0 Å². The van der Waals surface area contributed by atoms with Crippen LogP contribution in [0.2, 0.25) is 0 Å². The Morgan fingerprint density at radius 1 is 0.846 bits per heavy atom. The molecule has 0 aliphatic rings. The molecule has 0 spiro atoms. The van der Waals surface area contributed by atoms with Crippen molar-refractivity contribution in [3.63, 3.8) is 0 Å². The van der Waals surface area contributed by atoms with Crippen molar-refractivity contribution in [1.29, 1.82) is 0 Å². The molecule has 1 aromatic carbocycles. The van der Waals surface area contributed by atoms with Crippen LogP contribution in [0.3, 0.4) is 0 Å². The van der Waals surface area contributed by atoms with Gasteiger partial charge in [0.25, 0.3) is 0 Å². The summed E-state index contributed by atoms with van der Waals surface area (Å²) in [6.07, 6.45) is 4.72. The van der Waals surface area contributed by atoms with E-state index in [1.165, 1.54) is 22.3 Å². The molecule has 0 aromatic heterocycles. The van der Waals surface area contributed by atoms with Crippen molar-refractivity contribution >= 4 is 11.9 Å². The Kier molecular flexibility index (Phi) is 7.43. The first-order chi connectivity index (χ1) is 11.9. The van der Waals surface area contributed by atoms with Crippen molar-refractivity contribution in [3.05, 3.63) is 34.4 Å². The first kappa shape index (κ1) is 22.2. The van der Waals surface area contributed by atoms with Crippen molar-refractivity contribution in [1.82, 2.24) is 0 Å². The topological polar surface area (TPSA) is 74.6 Å². The number of benzene rings is 1. The lowest BCUT2D eigenvalue weighted by Crippen LogP contribution is -2.23. The van der Waals surface area contributed by atoms with Gasteiger partial charge in [-0.1, -0.05) is 12.1 Å². The Labute approximate surface area is 157 Å². The summed E-state index contributed by atoms with van der Waals surface area (Å²) >= 11 is 0. The third-order valence-corrected chi connectivity index (χ3v) is 5.51.